The second kappa shape index (κ2) is 4.39. The van der Waals surface area contributed by atoms with E-state index in [1.54, 1.807) is 0 Å². The first-order valence-electron chi connectivity index (χ1n) is 3.67. The molecule has 0 radical (unpaired) electrons. The van der Waals surface area contributed by atoms with Gasteiger partial charge in [0, 0.05) is 3.57 Å². The molecule has 0 heterocycles. The minimum atomic E-state index is -3.83. The number of hydrogen-bond acceptors (Lipinski definition) is 2. The molecule has 0 saturated heterocycles. The van der Waals surface area contributed by atoms with E-state index in [0.717, 1.165) is 9.13 Å². The van der Waals surface area contributed by atoms with Gasteiger partial charge in [-0.25, -0.2) is 0 Å². The lowest BCUT2D eigenvalue weighted by molar-refractivity contribution is 0.482. The van der Waals surface area contributed by atoms with Crippen molar-refractivity contribution in [2.45, 2.75) is 6.42 Å². The largest absolute Gasteiger partial charge is 0.286 e. The van der Waals surface area contributed by atoms with Crippen molar-refractivity contribution in [3.05, 3.63) is 33.4 Å². The lowest BCUT2D eigenvalue weighted by Gasteiger charge is -1.98. The summed E-state index contributed by atoms with van der Waals surface area (Å²) in [6.45, 7) is 0. The molecule has 1 aromatic carbocycles. The summed E-state index contributed by atoms with van der Waals surface area (Å²) in [5.74, 6) is -0.215. The lowest BCUT2D eigenvalue weighted by Crippen LogP contribution is -2.06. The molecular weight excluding hydrogens is 303 g/mol. The molecule has 3 nitrogen and oxygen atoms in total. The van der Waals surface area contributed by atoms with Gasteiger partial charge in [-0.05, 0) is 46.7 Å². The van der Waals surface area contributed by atoms with Crippen molar-refractivity contribution in [3.63, 3.8) is 0 Å². The highest BCUT2D eigenvalue weighted by molar-refractivity contribution is 14.1. The first kappa shape index (κ1) is 10.9. The number of rotatable bonds is 3. The molecule has 0 aromatic heterocycles. The number of aryl methyl sites for hydroxylation is 1. The third-order valence-corrected chi connectivity index (χ3v) is 3.00. The summed E-state index contributed by atoms with van der Waals surface area (Å²) >= 11 is 2.17. The van der Waals surface area contributed by atoms with Crippen molar-refractivity contribution < 1.29 is 13.0 Å². The Morgan fingerprint density at radius 3 is 2.23 bits per heavy atom. The van der Waals surface area contributed by atoms with Crippen LogP contribution in [0.2, 0.25) is 0 Å². The van der Waals surface area contributed by atoms with Crippen molar-refractivity contribution in [1.82, 2.24) is 0 Å². The van der Waals surface area contributed by atoms with Crippen LogP contribution in [0.15, 0.2) is 24.3 Å². The maximum absolute atomic E-state index is 10.4. The fourth-order valence-electron chi connectivity index (χ4n) is 0.898. The first-order valence-corrected chi connectivity index (χ1v) is 6.36. The van der Waals surface area contributed by atoms with Crippen LogP contribution in [0.1, 0.15) is 5.56 Å². The van der Waals surface area contributed by atoms with E-state index in [1.807, 2.05) is 24.3 Å². The zero-order valence-corrected chi connectivity index (χ0v) is 9.75. The summed E-state index contributed by atoms with van der Waals surface area (Å²) in [6, 6.07) is 7.51. The van der Waals surface area contributed by atoms with Crippen LogP contribution in [-0.2, 0) is 16.5 Å². The highest BCUT2D eigenvalue weighted by Gasteiger charge is 2.04. The van der Waals surface area contributed by atoms with Crippen LogP contribution in [0.3, 0.4) is 0 Å². The maximum Gasteiger partial charge on any atom is 0.265 e. The lowest BCUT2D eigenvalue weighted by atomic mass is 10.2. The molecule has 0 atom stereocenters. The molecule has 0 unspecified atom stereocenters. The Morgan fingerprint density at radius 2 is 1.77 bits per heavy atom. The Balaban J connectivity index is 2.61. The summed E-state index contributed by atoms with van der Waals surface area (Å²) in [5.41, 5.74) is 0.915. The van der Waals surface area contributed by atoms with Crippen LogP contribution >= 0.6 is 22.6 Å². The smallest absolute Gasteiger partial charge is 0.265 e. The quantitative estimate of drug-likeness (QED) is 0.683. The minimum absolute atomic E-state index is 0.215. The Bertz CT molecular complexity index is 369. The van der Waals surface area contributed by atoms with Crippen LogP contribution < -0.4 is 0 Å². The SMILES string of the molecule is O=S(=O)(O)CCc1ccc(I)cc1. The molecule has 1 rings (SSSR count). The van der Waals surface area contributed by atoms with E-state index in [4.69, 9.17) is 4.55 Å². The van der Waals surface area contributed by atoms with Crippen molar-refractivity contribution >= 4 is 32.7 Å². The highest BCUT2D eigenvalue weighted by Crippen LogP contribution is 2.07. The van der Waals surface area contributed by atoms with Crippen molar-refractivity contribution in [3.8, 4) is 0 Å². The van der Waals surface area contributed by atoms with Gasteiger partial charge in [0.2, 0.25) is 0 Å². The molecular formula is C8H9IO3S. The highest BCUT2D eigenvalue weighted by atomic mass is 127. The van der Waals surface area contributed by atoms with E-state index in [9.17, 15) is 8.42 Å². The van der Waals surface area contributed by atoms with Crippen molar-refractivity contribution in [1.29, 1.82) is 0 Å². The van der Waals surface area contributed by atoms with Gasteiger partial charge in [0.1, 0.15) is 0 Å². The third-order valence-electron chi connectivity index (χ3n) is 1.56. The minimum Gasteiger partial charge on any atom is -0.286 e. The van der Waals surface area contributed by atoms with Crippen LogP contribution in [0.5, 0.6) is 0 Å². The molecule has 72 valence electrons. The molecule has 13 heavy (non-hydrogen) atoms. The maximum atomic E-state index is 10.4. The summed E-state index contributed by atoms with van der Waals surface area (Å²) < 4.78 is 30.5. The van der Waals surface area contributed by atoms with Gasteiger partial charge in [-0.2, -0.15) is 8.42 Å². The van der Waals surface area contributed by atoms with Gasteiger partial charge >= 0.3 is 0 Å². The molecule has 0 aliphatic rings. The van der Waals surface area contributed by atoms with Gasteiger partial charge in [-0.3, -0.25) is 4.55 Å². The monoisotopic (exact) mass is 312 g/mol. The average molecular weight is 312 g/mol. The van der Waals surface area contributed by atoms with E-state index in [0.29, 0.717) is 6.42 Å². The standard InChI is InChI=1S/C8H9IO3S/c9-8-3-1-7(2-4-8)5-6-13(10,11)12/h1-4H,5-6H2,(H,10,11,12). The first-order chi connectivity index (χ1) is 5.97. The molecule has 0 spiro atoms. The van der Waals surface area contributed by atoms with Gasteiger partial charge in [0.15, 0.2) is 0 Å². The van der Waals surface area contributed by atoms with Gasteiger partial charge < -0.3 is 0 Å². The van der Waals surface area contributed by atoms with Crippen LogP contribution in [-0.4, -0.2) is 18.7 Å². The molecule has 0 aliphatic heterocycles. The Hall–Kier alpha value is -0.140. The molecule has 0 aliphatic carbocycles. The molecule has 5 heteroatoms. The zero-order valence-electron chi connectivity index (χ0n) is 6.77. The van der Waals surface area contributed by atoms with Gasteiger partial charge in [0.05, 0.1) is 5.75 Å². The van der Waals surface area contributed by atoms with E-state index >= 15 is 0 Å². The second-order valence-corrected chi connectivity index (χ2v) is 5.48. The fraction of sp³-hybridized carbons (Fsp3) is 0.250. The van der Waals surface area contributed by atoms with E-state index in [-0.39, 0.29) is 5.75 Å². The predicted octanol–water partition coefficient (Wildman–Crippen LogP) is 1.72. The van der Waals surface area contributed by atoms with Gasteiger partial charge in [-0.15, -0.1) is 0 Å². The molecule has 1 aromatic rings. The predicted molar refractivity (Wildman–Crippen MR) is 59.3 cm³/mol. The second-order valence-electron chi connectivity index (χ2n) is 2.66. The average Bonchev–Trinajstić information content (AvgIpc) is 2.02. The summed E-state index contributed by atoms with van der Waals surface area (Å²) in [6.07, 6.45) is 0.357. The number of halogens is 1. The van der Waals surface area contributed by atoms with Crippen LogP contribution in [0.25, 0.3) is 0 Å². The molecule has 0 bridgehead atoms. The van der Waals surface area contributed by atoms with E-state index in [1.165, 1.54) is 0 Å². The molecule has 0 fully saturated rings. The normalized spacial score (nSPS) is 11.5. The molecule has 1 N–H and O–H groups in total. The van der Waals surface area contributed by atoms with E-state index in [2.05, 4.69) is 22.6 Å². The third kappa shape index (κ3) is 4.58. The van der Waals surface area contributed by atoms with Gasteiger partial charge in [0.25, 0.3) is 10.1 Å². The summed E-state index contributed by atoms with van der Waals surface area (Å²) in [4.78, 5) is 0. The van der Waals surface area contributed by atoms with Crippen LogP contribution in [0, 0.1) is 3.57 Å². The topological polar surface area (TPSA) is 54.4 Å². The van der Waals surface area contributed by atoms with Crippen molar-refractivity contribution in [2.75, 3.05) is 5.75 Å². The number of hydrogen-bond donors (Lipinski definition) is 1. The van der Waals surface area contributed by atoms with Crippen LogP contribution in [0.4, 0.5) is 0 Å². The Morgan fingerprint density at radius 1 is 1.23 bits per heavy atom. The molecule has 0 amide bonds. The van der Waals surface area contributed by atoms with E-state index < -0.39 is 10.1 Å². The fourth-order valence-corrected chi connectivity index (χ4v) is 1.75. The molecule has 0 saturated carbocycles. The number of benzene rings is 1. The zero-order chi connectivity index (χ0) is 9.90. The summed E-state index contributed by atoms with van der Waals surface area (Å²) in [5, 5.41) is 0. The van der Waals surface area contributed by atoms with Crippen molar-refractivity contribution in [2.24, 2.45) is 0 Å². The summed E-state index contributed by atoms with van der Waals surface area (Å²) in [7, 11) is -3.83. The Kier molecular flexibility index (Phi) is 3.69. The Labute approximate surface area is 91.1 Å². The van der Waals surface area contributed by atoms with Gasteiger partial charge in [-0.1, -0.05) is 12.1 Å².